The molecule has 0 saturated carbocycles. The maximum absolute atomic E-state index is 11.2. The number of hydrogen-bond acceptors (Lipinski definition) is 4. The molecule has 1 aliphatic heterocycles. The van der Waals surface area contributed by atoms with Crippen LogP contribution in [0.3, 0.4) is 0 Å². The highest BCUT2D eigenvalue weighted by Crippen LogP contribution is 2.50. The molecule has 2 N–H and O–H groups in total. The average molecular weight is 383 g/mol. The summed E-state index contributed by atoms with van der Waals surface area (Å²) in [6, 6.07) is 23.6. The van der Waals surface area contributed by atoms with Gasteiger partial charge in [-0.1, -0.05) is 42.5 Å². The number of rotatable bonds is 4. The molecule has 3 aromatic carbocycles. The molecule has 1 heterocycles. The Morgan fingerprint density at radius 1 is 0.966 bits per heavy atom. The number of nitro groups is 1. The summed E-state index contributed by atoms with van der Waals surface area (Å²) in [4.78, 5) is 10.9. The van der Waals surface area contributed by atoms with Crippen molar-refractivity contribution in [2.24, 2.45) is 5.92 Å². The molecule has 0 fully saturated rings. The van der Waals surface area contributed by atoms with Gasteiger partial charge in [0, 0.05) is 35.1 Å². The van der Waals surface area contributed by atoms with E-state index in [1.807, 2.05) is 36.4 Å². The Morgan fingerprint density at radius 2 is 1.83 bits per heavy atom. The molecule has 5 rings (SSSR count). The number of nitrogens with one attached hydrogen (secondary N) is 2. The smallest absolute Gasteiger partial charge is 0.269 e. The van der Waals surface area contributed by atoms with E-state index < -0.39 is 0 Å². The molecule has 2 aliphatic rings. The van der Waals surface area contributed by atoms with Gasteiger partial charge in [0.1, 0.15) is 0 Å². The molecule has 1 aliphatic carbocycles. The second-order valence-electron chi connectivity index (χ2n) is 7.62. The van der Waals surface area contributed by atoms with Gasteiger partial charge in [0.25, 0.3) is 5.69 Å². The summed E-state index contributed by atoms with van der Waals surface area (Å²) in [6.45, 7) is 0. The van der Waals surface area contributed by atoms with Gasteiger partial charge in [-0.2, -0.15) is 0 Å². The monoisotopic (exact) mass is 383 g/mol. The van der Waals surface area contributed by atoms with E-state index in [1.165, 1.54) is 5.56 Å². The third-order valence-electron chi connectivity index (χ3n) is 5.87. The second kappa shape index (κ2) is 7.09. The first-order chi connectivity index (χ1) is 14.2. The van der Waals surface area contributed by atoms with Crippen molar-refractivity contribution in [3.8, 4) is 0 Å². The lowest BCUT2D eigenvalue weighted by molar-refractivity contribution is -0.384. The fraction of sp³-hybridized carbons (Fsp3) is 0.167. The number of hydrogen-bond donors (Lipinski definition) is 2. The molecule has 0 radical (unpaired) electrons. The van der Waals surface area contributed by atoms with Gasteiger partial charge in [0.2, 0.25) is 0 Å². The van der Waals surface area contributed by atoms with E-state index in [-0.39, 0.29) is 16.7 Å². The highest BCUT2D eigenvalue weighted by molar-refractivity contribution is 5.68. The Bertz CT molecular complexity index is 1090. The molecule has 0 spiro atoms. The Labute approximate surface area is 169 Å². The number of fused-ring (bicyclic) bond motifs is 3. The zero-order chi connectivity index (χ0) is 19.8. The van der Waals surface area contributed by atoms with Crippen molar-refractivity contribution in [2.45, 2.75) is 18.4 Å². The van der Waals surface area contributed by atoms with E-state index in [4.69, 9.17) is 0 Å². The summed E-state index contributed by atoms with van der Waals surface area (Å²) in [5.74, 6) is 0.643. The number of allylic oxidation sites excluding steroid dienone is 2. The maximum Gasteiger partial charge on any atom is 0.269 e. The highest BCUT2D eigenvalue weighted by atomic mass is 16.6. The van der Waals surface area contributed by atoms with Crippen LogP contribution in [0.2, 0.25) is 0 Å². The minimum absolute atomic E-state index is 0.0512. The van der Waals surface area contributed by atoms with Gasteiger partial charge in [0.05, 0.1) is 11.0 Å². The molecule has 0 bridgehead atoms. The summed E-state index contributed by atoms with van der Waals surface area (Å²) >= 11 is 0. The van der Waals surface area contributed by atoms with Crippen molar-refractivity contribution in [3.63, 3.8) is 0 Å². The number of anilines is 3. The van der Waals surface area contributed by atoms with Crippen LogP contribution in [0, 0.1) is 16.0 Å². The van der Waals surface area contributed by atoms with Crippen LogP contribution in [0.15, 0.2) is 84.9 Å². The van der Waals surface area contributed by atoms with Crippen molar-refractivity contribution in [2.75, 3.05) is 10.6 Å². The van der Waals surface area contributed by atoms with E-state index in [9.17, 15) is 10.1 Å². The predicted octanol–water partition coefficient (Wildman–Crippen LogP) is 6.16. The van der Waals surface area contributed by atoms with Crippen LogP contribution in [-0.2, 0) is 0 Å². The predicted molar refractivity (Wildman–Crippen MR) is 116 cm³/mol. The fourth-order valence-electron chi connectivity index (χ4n) is 4.52. The lowest BCUT2D eigenvalue weighted by atomic mass is 9.77. The SMILES string of the molecule is O=[N+]([O-])c1cccc(C2Nc3ccc(Nc4ccccc4)cc3C3C=CCC32)c1. The normalized spacial score (nSPS) is 21.7. The summed E-state index contributed by atoms with van der Waals surface area (Å²) in [5, 5.41) is 18.3. The van der Waals surface area contributed by atoms with E-state index in [1.54, 1.807) is 18.2 Å². The number of nitrogens with zero attached hydrogens (tertiary/aromatic N) is 1. The zero-order valence-corrected chi connectivity index (χ0v) is 15.8. The van der Waals surface area contributed by atoms with E-state index in [2.05, 4.69) is 41.0 Å². The molecule has 29 heavy (non-hydrogen) atoms. The summed E-state index contributed by atoms with van der Waals surface area (Å²) in [6.07, 6.45) is 5.47. The van der Waals surface area contributed by atoms with Gasteiger partial charge in [-0.05, 0) is 53.8 Å². The quantitative estimate of drug-likeness (QED) is 0.321. The maximum atomic E-state index is 11.2. The average Bonchev–Trinajstić information content (AvgIpc) is 3.24. The molecule has 5 nitrogen and oxygen atoms in total. The molecule has 3 aromatic rings. The van der Waals surface area contributed by atoms with Crippen molar-refractivity contribution < 1.29 is 4.92 Å². The molecule has 0 saturated heterocycles. The first kappa shape index (κ1) is 17.5. The van der Waals surface area contributed by atoms with Gasteiger partial charge in [-0.25, -0.2) is 0 Å². The molecular weight excluding hydrogens is 362 g/mol. The minimum atomic E-state index is -0.327. The topological polar surface area (TPSA) is 67.2 Å². The molecule has 5 heteroatoms. The molecule has 0 amide bonds. The fourth-order valence-corrected chi connectivity index (χ4v) is 4.52. The van der Waals surface area contributed by atoms with Crippen LogP contribution in [-0.4, -0.2) is 4.92 Å². The molecular formula is C24H21N3O2. The van der Waals surface area contributed by atoms with Crippen molar-refractivity contribution in [3.05, 3.63) is 106 Å². The number of nitro benzene ring substituents is 1. The van der Waals surface area contributed by atoms with Crippen molar-refractivity contribution >= 4 is 22.7 Å². The molecule has 3 unspecified atom stereocenters. The Balaban J connectivity index is 1.48. The van der Waals surface area contributed by atoms with Gasteiger partial charge in [0.15, 0.2) is 0 Å². The minimum Gasteiger partial charge on any atom is -0.378 e. The van der Waals surface area contributed by atoms with E-state index in [0.717, 1.165) is 29.0 Å². The first-order valence-electron chi connectivity index (χ1n) is 9.82. The Kier molecular flexibility index (Phi) is 4.28. The Morgan fingerprint density at radius 3 is 2.66 bits per heavy atom. The van der Waals surface area contributed by atoms with Crippen molar-refractivity contribution in [1.82, 2.24) is 0 Å². The van der Waals surface area contributed by atoms with E-state index in [0.29, 0.717) is 11.8 Å². The Hall–Kier alpha value is -3.60. The summed E-state index contributed by atoms with van der Waals surface area (Å²) in [5.41, 5.74) is 5.59. The van der Waals surface area contributed by atoms with Gasteiger partial charge in [-0.15, -0.1) is 0 Å². The number of benzene rings is 3. The lowest BCUT2D eigenvalue weighted by Crippen LogP contribution is -2.29. The van der Waals surface area contributed by atoms with Crippen molar-refractivity contribution in [1.29, 1.82) is 0 Å². The molecule has 3 atom stereocenters. The first-order valence-corrected chi connectivity index (χ1v) is 9.82. The number of non-ortho nitro benzene ring substituents is 1. The van der Waals surface area contributed by atoms with Crippen LogP contribution in [0.4, 0.5) is 22.7 Å². The third kappa shape index (κ3) is 3.25. The molecule has 0 aromatic heterocycles. The van der Waals surface area contributed by atoms with Crippen LogP contribution in [0.5, 0.6) is 0 Å². The summed E-state index contributed by atoms with van der Waals surface area (Å²) in [7, 11) is 0. The summed E-state index contributed by atoms with van der Waals surface area (Å²) < 4.78 is 0. The van der Waals surface area contributed by atoms with Gasteiger partial charge >= 0.3 is 0 Å². The van der Waals surface area contributed by atoms with Crippen LogP contribution < -0.4 is 10.6 Å². The number of para-hydroxylation sites is 1. The lowest BCUT2D eigenvalue weighted by Gasteiger charge is -2.37. The third-order valence-corrected chi connectivity index (χ3v) is 5.87. The highest BCUT2D eigenvalue weighted by Gasteiger charge is 2.38. The van der Waals surface area contributed by atoms with Crippen LogP contribution in [0.25, 0.3) is 0 Å². The van der Waals surface area contributed by atoms with E-state index >= 15 is 0 Å². The standard InChI is InChI=1S/C24H21N3O2/c28-27(29)19-9-4-6-16(14-19)24-21-11-5-10-20(21)22-15-18(12-13-23(22)26-24)25-17-7-2-1-3-8-17/h1-10,12-15,20-21,24-26H,11H2. The zero-order valence-electron chi connectivity index (χ0n) is 15.8. The molecule has 144 valence electrons. The van der Waals surface area contributed by atoms with Crippen LogP contribution >= 0.6 is 0 Å². The van der Waals surface area contributed by atoms with Crippen LogP contribution in [0.1, 0.15) is 29.5 Å². The largest absolute Gasteiger partial charge is 0.378 e. The second-order valence-corrected chi connectivity index (χ2v) is 7.62. The van der Waals surface area contributed by atoms with Gasteiger partial charge in [-0.3, -0.25) is 10.1 Å². The van der Waals surface area contributed by atoms with Gasteiger partial charge < -0.3 is 10.6 Å².